The van der Waals surface area contributed by atoms with Crippen LogP contribution in [0.1, 0.15) is 26.2 Å². The maximum absolute atomic E-state index is 11.2. The van der Waals surface area contributed by atoms with Crippen molar-refractivity contribution in [1.29, 1.82) is 0 Å². The fourth-order valence-corrected chi connectivity index (χ4v) is 5.50. The third-order valence-electron chi connectivity index (χ3n) is 4.61. The average molecular weight is 396 g/mol. The van der Waals surface area contributed by atoms with Crippen molar-refractivity contribution in [3.63, 3.8) is 0 Å². The molecule has 1 heterocycles. The Morgan fingerprint density at radius 1 is 1.04 bits per heavy atom. The molecule has 0 aromatic heterocycles. The van der Waals surface area contributed by atoms with Gasteiger partial charge in [-0.2, -0.15) is 0 Å². The van der Waals surface area contributed by atoms with Crippen LogP contribution in [0, 0.1) is 0 Å². The van der Waals surface area contributed by atoms with Crippen molar-refractivity contribution in [1.82, 2.24) is 5.32 Å². The molecule has 3 N–H and O–H groups in total. The first-order valence-corrected chi connectivity index (χ1v) is 10.7. The van der Waals surface area contributed by atoms with E-state index in [4.69, 9.17) is 11.6 Å². The molecule has 0 spiro atoms. The lowest BCUT2D eigenvalue weighted by Crippen LogP contribution is -2.37. The molecule has 1 aliphatic heterocycles. The van der Waals surface area contributed by atoms with Gasteiger partial charge in [0.2, 0.25) is 0 Å². The maximum atomic E-state index is 11.2. The molecule has 0 bridgehead atoms. The standard InChI is InChI=1S/C19H26ClN3O2S/c1-15(7-5-6-14-21-2)22-18-8-3-4-9-19(18)23(26(22,24)25)17-12-10-16(20)11-13-17/h3-4,8-13,15,21,24-25H,5-7,14H2,1-2H3. The topological polar surface area (TPSA) is 59.0 Å². The molecular weight excluding hydrogens is 370 g/mol. The Labute approximate surface area is 162 Å². The summed E-state index contributed by atoms with van der Waals surface area (Å²) in [5.74, 6) is 0. The second-order valence-corrected chi connectivity index (χ2v) is 8.70. The van der Waals surface area contributed by atoms with Gasteiger partial charge in [-0.1, -0.05) is 30.2 Å². The number of anilines is 3. The Kier molecular flexibility index (Phi) is 5.99. The molecule has 1 unspecified atom stereocenters. The van der Waals surface area contributed by atoms with E-state index in [-0.39, 0.29) is 6.04 Å². The molecule has 1 aliphatic rings. The summed E-state index contributed by atoms with van der Waals surface area (Å²) in [5.41, 5.74) is 2.37. The average Bonchev–Trinajstić information content (AvgIpc) is 2.86. The van der Waals surface area contributed by atoms with Gasteiger partial charge < -0.3 is 5.32 Å². The molecule has 0 amide bonds. The van der Waals surface area contributed by atoms with Gasteiger partial charge >= 0.3 is 0 Å². The van der Waals surface area contributed by atoms with Crippen LogP contribution in [0.3, 0.4) is 0 Å². The minimum atomic E-state index is -3.19. The number of hydrogen-bond acceptors (Lipinski definition) is 5. The van der Waals surface area contributed by atoms with Gasteiger partial charge in [-0.15, -0.1) is 0 Å². The number of unbranched alkanes of at least 4 members (excludes halogenated alkanes) is 1. The van der Waals surface area contributed by atoms with E-state index < -0.39 is 11.0 Å². The van der Waals surface area contributed by atoms with Crippen LogP contribution in [-0.2, 0) is 0 Å². The number of fused-ring (bicyclic) bond motifs is 1. The van der Waals surface area contributed by atoms with Crippen molar-refractivity contribution >= 4 is 39.6 Å². The van der Waals surface area contributed by atoms with Crippen molar-refractivity contribution in [2.24, 2.45) is 0 Å². The van der Waals surface area contributed by atoms with Gasteiger partial charge in [0.05, 0.1) is 17.1 Å². The summed E-state index contributed by atoms with van der Waals surface area (Å²) in [5, 5.41) is 3.77. The molecule has 0 saturated carbocycles. The number of benzene rings is 2. The highest BCUT2D eigenvalue weighted by molar-refractivity contribution is 8.27. The molecule has 142 valence electrons. The summed E-state index contributed by atoms with van der Waals surface area (Å²) in [6.07, 6.45) is 2.98. The summed E-state index contributed by atoms with van der Waals surface area (Å²) in [6.45, 7) is 3.02. The summed E-state index contributed by atoms with van der Waals surface area (Å²) < 4.78 is 25.8. The molecule has 2 aromatic carbocycles. The summed E-state index contributed by atoms with van der Waals surface area (Å²) >= 11 is 6.00. The summed E-state index contributed by atoms with van der Waals surface area (Å²) in [4.78, 5) is 0. The molecule has 0 radical (unpaired) electrons. The Morgan fingerprint density at radius 2 is 1.69 bits per heavy atom. The van der Waals surface area contributed by atoms with Crippen LogP contribution in [-0.4, -0.2) is 28.7 Å². The van der Waals surface area contributed by atoms with Crippen molar-refractivity contribution < 1.29 is 9.11 Å². The number of nitrogens with zero attached hydrogens (tertiary/aromatic N) is 2. The lowest BCUT2D eigenvalue weighted by Gasteiger charge is -2.46. The van der Waals surface area contributed by atoms with Crippen LogP contribution >= 0.6 is 22.6 Å². The van der Waals surface area contributed by atoms with Crippen molar-refractivity contribution in [3.8, 4) is 0 Å². The van der Waals surface area contributed by atoms with E-state index in [2.05, 4.69) is 12.2 Å². The largest absolute Gasteiger partial charge is 0.320 e. The van der Waals surface area contributed by atoms with E-state index in [1.165, 1.54) is 0 Å². The highest BCUT2D eigenvalue weighted by Gasteiger charge is 2.43. The predicted octanol–water partition coefficient (Wildman–Crippen LogP) is 5.66. The molecular formula is C19H26ClN3O2S. The van der Waals surface area contributed by atoms with Gasteiger partial charge in [-0.3, -0.25) is 9.11 Å². The lowest BCUT2D eigenvalue weighted by molar-refractivity contribution is 0.470. The Balaban J connectivity index is 1.92. The normalized spacial score (nSPS) is 17.9. The zero-order chi connectivity index (χ0) is 18.7. The van der Waals surface area contributed by atoms with Crippen LogP contribution in [0.4, 0.5) is 17.1 Å². The van der Waals surface area contributed by atoms with Gasteiger partial charge in [-0.05, 0) is 80.7 Å². The third kappa shape index (κ3) is 3.66. The molecule has 5 nitrogen and oxygen atoms in total. The Bertz CT molecular complexity index is 742. The van der Waals surface area contributed by atoms with E-state index in [0.717, 1.165) is 37.2 Å². The second kappa shape index (κ2) is 8.06. The zero-order valence-corrected chi connectivity index (χ0v) is 16.7. The van der Waals surface area contributed by atoms with E-state index in [0.29, 0.717) is 10.7 Å². The molecule has 3 rings (SSSR count). The quantitative estimate of drug-likeness (QED) is 0.528. The highest BCUT2D eigenvalue weighted by atomic mass is 35.5. The second-order valence-electron chi connectivity index (χ2n) is 6.52. The number of para-hydroxylation sites is 2. The number of hydrogen-bond donors (Lipinski definition) is 3. The van der Waals surface area contributed by atoms with Crippen molar-refractivity contribution in [2.45, 2.75) is 32.2 Å². The van der Waals surface area contributed by atoms with Gasteiger partial charge in [0.1, 0.15) is 0 Å². The molecule has 7 heteroatoms. The number of rotatable bonds is 7. The molecule has 0 saturated heterocycles. The van der Waals surface area contributed by atoms with Gasteiger partial charge in [-0.25, -0.2) is 8.61 Å². The summed E-state index contributed by atoms with van der Waals surface area (Å²) in [6, 6.07) is 14.9. The minimum Gasteiger partial charge on any atom is -0.320 e. The predicted molar refractivity (Wildman–Crippen MR) is 113 cm³/mol. The van der Waals surface area contributed by atoms with E-state index >= 15 is 0 Å². The molecule has 2 aromatic rings. The molecule has 26 heavy (non-hydrogen) atoms. The van der Waals surface area contributed by atoms with E-state index in [9.17, 15) is 9.11 Å². The first-order chi connectivity index (χ1) is 12.5. The SMILES string of the molecule is CNCCCCC(C)N1c2ccccc2N(c2ccc(Cl)cc2)S1(O)O. The van der Waals surface area contributed by atoms with Crippen LogP contribution in [0.2, 0.25) is 5.02 Å². The fraction of sp³-hybridized carbons (Fsp3) is 0.368. The van der Waals surface area contributed by atoms with Gasteiger partial charge in [0.15, 0.2) is 0 Å². The van der Waals surface area contributed by atoms with Crippen molar-refractivity contribution in [2.75, 3.05) is 22.2 Å². The first kappa shape index (κ1) is 19.3. The maximum Gasteiger partial charge on any atom is 0.0896 e. The fourth-order valence-electron chi connectivity index (χ4n) is 3.37. The van der Waals surface area contributed by atoms with Crippen LogP contribution < -0.4 is 13.9 Å². The Morgan fingerprint density at radius 3 is 2.35 bits per heavy atom. The minimum absolute atomic E-state index is 0.00954. The van der Waals surface area contributed by atoms with Gasteiger partial charge in [0, 0.05) is 11.1 Å². The highest BCUT2D eigenvalue weighted by Crippen LogP contribution is 2.65. The molecule has 0 fully saturated rings. The smallest absolute Gasteiger partial charge is 0.0896 e. The molecule has 0 aliphatic carbocycles. The molecule has 1 atom stereocenters. The lowest BCUT2D eigenvalue weighted by atomic mass is 10.1. The van der Waals surface area contributed by atoms with E-state index in [1.807, 2.05) is 43.4 Å². The van der Waals surface area contributed by atoms with Crippen molar-refractivity contribution in [3.05, 3.63) is 53.6 Å². The Hall–Kier alpha value is -1.44. The van der Waals surface area contributed by atoms with Crippen LogP contribution in [0.25, 0.3) is 0 Å². The van der Waals surface area contributed by atoms with Gasteiger partial charge in [0.25, 0.3) is 0 Å². The van der Waals surface area contributed by atoms with Crippen LogP contribution in [0.15, 0.2) is 48.5 Å². The summed E-state index contributed by atoms with van der Waals surface area (Å²) in [7, 11) is -1.24. The monoisotopic (exact) mass is 395 g/mol. The zero-order valence-electron chi connectivity index (χ0n) is 15.1. The number of halogens is 1. The number of nitrogens with one attached hydrogen (secondary N) is 1. The van der Waals surface area contributed by atoms with Crippen LogP contribution in [0.5, 0.6) is 0 Å². The van der Waals surface area contributed by atoms with E-state index in [1.54, 1.807) is 20.7 Å². The third-order valence-corrected chi connectivity index (χ3v) is 6.84. The first-order valence-electron chi connectivity index (χ1n) is 8.84.